The number of piperidine rings is 1. The minimum absolute atomic E-state index is 0.203. The fourth-order valence-corrected chi connectivity index (χ4v) is 2.56. The van der Waals surface area contributed by atoms with Gasteiger partial charge in [0, 0.05) is 18.7 Å². The third kappa shape index (κ3) is 2.32. The number of aromatic nitrogens is 2. The van der Waals surface area contributed by atoms with Crippen molar-refractivity contribution >= 4 is 5.65 Å². The predicted molar refractivity (Wildman–Crippen MR) is 65.0 cm³/mol. The molecule has 3 heterocycles. The highest BCUT2D eigenvalue weighted by molar-refractivity contribution is 5.43. The largest absolute Gasteiger partial charge is 0.431 e. The van der Waals surface area contributed by atoms with Crippen molar-refractivity contribution < 1.29 is 13.2 Å². The molecule has 1 atom stereocenters. The molecule has 0 saturated carbocycles. The highest BCUT2D eigenvalue weighted by atomic mass is 19.4. The molecule has 3 nitrogen and oxygen atoms in total. The zero-order valence-electron chi connectivity index (χ0n) is 10.2. The van der Waals surface area contributed by atoms with Crippen LogP contribution in [0.1, 0.15) is 30.1 Å². The molecule has 19 heavy (non-hydrogen) atoms. The monoisotopic (exact) mass is 269 g/mol. The Bertz CT molecular complexity index is 582. The van der Waals surface area contributed by atoms with E-state index in [9.17, 15) is 13.2 Å². The molecule has 1 aliphatic rings. The zero-order chi connectivity index (χ0) is 13.5. The molecule has 102 valence electrons. The second-order valence-electron chi connectivity index (χ2n) is 4.85. The van der Waals surface area contributed by atoms with Crippen LogP contribution in [0.5, 0.6) is 0 Å². The molecule has 0 aromatic carbocycles. The number of nitrogens with zero attached hydrogens (tertiary/aromatic N) is 2. The Morgan fingerprint density at radius 1 is 1.32 bits per heavy atom. The molecule has 2 aromatic rings. The van der Waals surface area contributed by atoms with Crippen molar-refractivity contribution in [3.8, 4) is 0 Å². The summed E-state index contributed by atoms with van der Waals surface area (Å²) < 4.78 is 39.9. The van der Waals surface area contributed by atoms with E-state index >= 15 is 0 Å². The molecule has 1 unspecified atom stereocenters. The third-order valence-corrected chi connectivity index (χ3v) is 3.52. The second kappa shape index (κ2) is 4.52. The molecule has 1 fully saturated rings. The van der Waals surface area contributed by atoms with Gasteiger partial charge in [-0.1, -0.05) is 6.07 Å². The van der Waals surface area contributed by atoms with E-state index in [4.69, 9.17) is 0 Å². The molecule has 2 aromatic heterocycles. The lowest BCUT2D eigenvalue weighted by atomic mass is 9.97. The average molecular weight is 269 g/mol. The van der Waals surface area contributed by atoms with E-state index in [1.807, 2.05) is 0 Å². The zero-order valence-corrected chi connectivity index (χ0v) is 10.2. The average Bonchev–Trinajstić information content (AvgIpc) is 2.82. The Morgan fingerprint density at radius 2 is 2.16 bits per heavy atom. The van der Waals surface area contributed by atoms with E-state index in [1.54, 1.807) is 6.07 Å². The highest BCUT2D eigenvalue weighted by Crippen LogP contribution is 2.31. The van der Waals surface area contributed by atoms with Crippen LogP contribution in [0.3, 0.4) is 0 Å². The van der Waals surface area contributed by atoms with Crippen molar-refractivity contribution in [1.29, 1.82) is 0 Å². The quantitative estimate of drug-likeness (QED) is 0.862. The Balaban J connectivity index is 2.05. The normalized spacial score (nSPS) is 20.9. The van der Waals surface area contributed by atoms with Gasteiger partial charge >= 0.3 is 6.18 Å². The molecule has 0 radical (unpaired) electrons. The van der Waals surface area contributed by atoms with Gasteiger partial charge in [0.25, 0.3) is 0 Å². The maximum absolute atomic E-state index is 12.9. The number of nitrogens with one attached hydrogen (secondary N) is 1. The van der Waals surface area contributed by atoms with Gasteiger partial charge in [-0.2, -0.15) is 13.2 Å². The molecule has 1 saturated heterocycles. The summed E-state index contributed by atoms with van der Waals surface area (Å²) in [6, 6.07) is 4.08. The lowest BCUT2D eigenvalue weighted by Gasteiger charge is -2.20. The second-order valence-corrected chi connectivity index (χ2v) is 4.85. The van der Waals surface area contributed by atoms with Crippen molar-refractivity contribution in [3.05, 3.63) is 35.8 Å². The fourth-order valence-electron chi connectivity index (χ4n) is 2.56. The molecule has 0 bridgehead atoms. The number of rotatable bonds is 1. The van der Waals surface area contributed by atoms with Gasteiger partial charge < -0.3 is 5.32 Å². The van der Waals surface area contributed by atoms with Gasteiger partial charge in [-0.25, -0.2) is 4.98 Å². The Hall–Kier alpha value is -1.56. The number of hydrogen-bond acceptors (Lipinski definition) is 2. The Kier molecular flexibility index (Phi) is 2.97. The number of pyridine rings is 1. The van der Waals surface area contributed by atoms with Crippen molar-refractivity contribution in [2.24, 2.45) is 0 Å². The molecule has 1 N–H and O–H groups in total. The SMILES string of the molecule is FC(F)(F)c1cccc2nc(C3CCCNC3)cn12. The minimum Gasteiger partial charge on any atom is -0.316 e. The van der Waals surface area contributed by atoms with E-state index < -0.39 is 11.9 Å². The first-order valence-electron chi connectivity index (χ1n) is 6.31. The summed E-state index contributed by atoms with van der Waals surface area (Å²) in [4.78, 5) is 4.33. The lowest BCUT2D eigenvalue weighted by molar-refractivity contribution is -0.142. The van der Waals surface area contributed by atoms with E-state index in [1.165, 1.54) is 12.3 Å². The summed E-state index contributed by atoms with van der Waals surface area (Å²) in [6.07, 6.45) is -0.832. The summed E-state index contributed by atoms with van der Waals surface area (Å²) in [5.41, 5.74) is 0.423. The summed E-state index contributed by atoms with van der Waals surface area (Å²) in [5, 5.41) is 3.25. The van der Waals surface area contributed by atoms with Gasteiger partial charge in [0.1, 0.15) is 11.3 Å². The van der Waals surface area contributed by atoms with Crippen LogP contribution in [-0.2, 0) is 6.18 Å². The van der Waals surface area contributed by atoms with Crippen molar-refractivity contribution in [2.75, 3.05) is 13.1 Å². The summed E-state index contributed by atoms with van der Waals surface area (Å²) >= 11 is 0. The van der Waals surface area contributed by atoms with Crippen LogP contribution in [-0.4, -0.2) is 22.5 Å². The first kappa shape index (κ1) is 12.5. The van der Waals surface area contributed by atoms with E-state index in [0.717, 1.165) is 42.1 Å². The fraction of sp³-hybridized carbons (Fsp3) is 0.462. The maximum Gasteiger partial charge on any atom is 0.431 e. The van der Waals surface area contributed by atoms with Gasteiger partial charge in [0.2, 0.25) is 0 Å². The maximum atomic E-state index is 12.9. The third-order valence-electron chi connectivity index (χ3n) is 3.52. The van der Waals surface area contributed by atoms with Crippen LogP contribution < -0.4 is 5.32 Å². The first-order chi connectivity index (χ1) is 9.05. The molecule has 0 spiro atoms. The van der Waals surface area contributed by atoms with Gasteiger partial charge in [0.05, 0.1) is 5.69 Å². The van der Waals surface area contributed by atoms with Gasteiger partial charge in [0.15, 0.2) is 0 Å². The van der Waals surface area contributed by atoms with E-state index in [2.05, 4.69) is 10.3 Å². The molecule has 0 aliphatic carbocycles. The number of halogens is 3. The van der Waals surface area contributed by atoms with E-state index in [0.29, 0.717) is 5.65 Å². The summed E-state index contributed by atoms with van der Waals surface area (Å²) in [6.45, 7) is 1.75. The molecular formula is C13H14F3N3. The lowest BCUT2D eigenvalue weighted by Crippen LogP contribution is -2.28. The van der Waals surface area contributed by atoms with Crippen LogP contribution >= 0.6 is 0 Å². The van der Waals surface area contributed by atoms with Crippen LogP contribution in [0.2, 0.25) is 0 Å². The Morgan fingerprint density at radius 3 is 2.84 bits per heavy atom. The van der Waals surface area contributed by atoms with Crippen LogP contribution in [0, 0.1) is 0 Å². The smallest absolute Gasteiger partial charge is 0.316 e. The molecule has 3 rings (SSSR count). The molecular weight excluding hydrogens is 255 g/mol. The number of fused-ring (bicyclic) bond motifs is 1. The summed E-state index contributed by atoms with van der Waals surface area (Å²) in [7, 11) is 0. The van der Waals surface area contributed by atoms with Crippen LogP contribution in [0.25, 0.3) is 5.65 Å². The highest BCUT2D eigenvalue weighted by Gasteiger charge is 2.33. The predicted octanol–water partition coefficient (Wildman–Crippen LogP) is 2.82. The molecule has 6 heteroatoms. The molecule has 1 aliphatic heterocycles. The van der Waals surface area contributed by atoms with Gasteiger partial charge in [-0.3, -0.25) is 4.40 Å². The van der Waals surface area contributed by atoms with Crippen LogP contribution in [0.15, 0.2) is 24.4 Å². The number of alkyl halides is 3. The number of imidazole rings is 1. The van der Waals surface area contributed by atoms with E-state index in [-0.39, 0.29) is 5.92 Å². The van der Waals surface area contributed by atoms with Crippen molar-refractivity contribution in [2.45, 2.75) is 24.9 Å². The van der Waals surface area contributed by atoms with Gasteiger partial charge in [-0.05, 0) is 31.5 Å². The minimum atomic E-state index is -4.36. The Labute approximate surface area is 108 Å². The summed E-state index contributed by atoms with van der Waals surface area (Å²) in [5.74, 6) is 0.203. The van der Waals surface area contributed by atoms with Crippen molar-refractivity contribution in [1.82, 2.24) is 14.7 Å². The standard InChI is InChI=1S/C13H14F3N3/c14-13(15,16)11-4-1-5-12-18-10(8-19(11)12)9-3-2-6-17-7-9/h1,4-5,8-9,17H,2-3,6-7H2. The topological polar surface area (TPSA) is 29.3 Å². The van der Waals surface area contributed by atoms with Gasteiger partial charge in [-0.15, -0.1) is 0 Å². The first-order valence-corrected chi connectivity index (χ1v) is 6.31. The van der Waals surface area contributed by atoms with Crippen molar-refractivity contribution in [3.63, 3.8) is 0 Å². The molecule has 0 amide bonds. The van der Waals surface area contributed by atoms with Crippen LogP contribution in [0.4, 0.5) is 13.2 Å². The number of hydrogen-bond donors (Lipinski definition) is 1.